The van der Waals surface area contributed by atoms with E-state index in [1.165, 1.54) is 4.68 Å². The zero-order chi connectivity index (χ0) is 20.2. The summed E-state index contributed by atoms with van der Waals surface area (Å²) in [7, 11) is 0. The van der Waals surface area contributed by atoms with Crippen molar-refractivity contribution in [2.24, 2.45) is 0 Å². The maximum atomic E-state index is 12.7. The predicted octanol–water partition coefficient (Wildman–Crippen LogP) is 4.30. The molecule has 146 valence electrons. The summed E-state index contributed by atoms with van der Waals surface area (Å²) in [6.07, 6.45) is 5.23. The van der Waals surface area contributed by atoms with Crippen LogP contribution < -0.4 is 10.9 Å². The lowest BCUT2D eigenvalue weighted by atomic mass is 10.1. The number of nitrogens with one attached hydrogen (secondary N) is 1. The summed E-state index contributed by atoms with van der Waals surface area (Å²) < 4.78 is 3.18. The fourth-order valence-electron chi connectivity index (χ4n) is 3.22. The van der Waals surface area contributed by atoms with Gasteiger partial charge >= 0.3 is 0 Å². The van der Waals surface area contributed by atoms with E-state index < -0.39 is 0 Å². The molecule has 1 atom stereocenters. The Kier molecular flexibility index (Phi) is 5.44. The van der Waals surface area contributed by atoms with Crippen molar-refractivity contribution in [3.8, 4) is 5.69 Å². The Morgan fingerprint density at radius 3 is 2.55 bits per heavy atom. The average Bonchev–Trinajstić information content (AvgIpc) is 3.29. The third kappa shape index (κ3) is 4.07. The number of halogens is 1. The molecule has 0 radical (unpaired) electrons. The Bertz CT molecular complexity index is 1160. The first-order valence-electron chi connectivity index (χ1n) is 9.28. The first kappa shape index (κ1) is 19.0. The van der Waals surface area contributed by atoms with Gasteiger partial charge in [0.15, 0.2) is 0 Å². The molecule has 0 amide bonds. The van der Waals surface area contributed by atoms with Gasteiger partial charge in [-0.3, -0.25) is 4.79 Å². The topological polar surface area (TPSA) is 64.7 Å². The van der Waals surface area contributed by atoms with E-state index in [9.17, 15) is 4.79 Å². The largest absolute Gasteiger partial charge is 0.376 e. The maximum absolute atomic E-state index is 12.7. The third-order valence-electron chi connectivity index (χ3n) is 4.69. The second-order valence-electron chi connectivity index (χ2n) is 6.70. The molecule has 6 nitrogen and oxygen atoms in total. The molecule has 0 aliphatic carbocycles. The summed E-state index contributed by atoms with van der Waals surface area (Å²) in [6.45, 7) is 2.38. The van der Waals surface area contributed by atoms with Gasteiger partial charge in [0.1, 0.15) is 5.02 Å². The van der Waals surface area contributed by atoms with E-state index in [-0.39, 0.29) is 16.6 Å². The molecule has 1 unspecified atom stereocenters. The molecule has 4 aromatic rings. The van der Waals surface area contributed by atoms with Gasteiger partial charge in [0.05, 0.1) is 30.2 Å². The van der Waals surface area contributed by atoms with Gasteiger partial charge in [-0.1, -0.05) is 60.1 Å². The van der Waals surface area contributed by atoms with Crippen molar-refractivity contribution < 1.29 is 0 Å². The van der Waals surface area contributed by atoms with Crippen LogP contribution in [0.25, 0.3) is 5.69 Å². The quantitative estimate of drug-likeness (QED) is 0.519. The number of anilines is 1. The van der Waals surface area contributed by atoms with Gasteiger partial charge < -0.3 is 5.32 Å². The van der Waals surface area contributed by atoms with E-state index in [0.29, 0.717) is 12.2 Å². The summed E-state index contributed by atoms with van der Waals surface area (Å²) >= 11 is 6.38. The molecule has 2 aromatic carbocycles. The average molecular weight is 406 g/mol. The van der Waals surface area contributed by atoms with Crippen LogP contribution in [0.5, 0.6) is 0 Å². The van der Waals surface area contributed by atoms with E-state index >= 15 is 0 Å². The summed E-state index contributed by atoms with van der Waals surface area (Å²) in [5.74, 6) is 0. The van der Waals surface area contributed by atoms with Crippen molar-refractivity contribution in [1.82, 2.24) is 19.6 Å². The molecule has 0 aliphatic rings. The fourth-order valence-corrected chi connectivity index (χ4v) is 3.42. The van der Waals surface area contributed by atoms with Crippen LogP contribution in [-0.4, -0.2) is 19.6 Å². The molecule has 0 aliphatic heterocycles. The van der Waals surface area contributed by atoms with Crippen molar-refractivity contribution in [2.75, 3.05) is 5.32 Å². The zero-order valence-corrected chi connectivity index (χ0v) is 16.6. The Hall–Kier alpha value is -3.38. The minimum absolute atomic E-state index is 0.112. The van der Waals surface area contributed by atoms with Gasteiger partial charge in [0, 0.05) is 12.4 Å². The van der Waals surface area contributed by atoms with Crippen molar-refractivity contribution in [3.05, 3.63) is 106 Å². The monoisotopic (exact) mass is 405 g/mol. The minimum atomic E-state index is -0.326. The van der Waals surface area contributed by atoms with Gasteiger partial charge in [-0.05, 0) is 30.2 Å². The van der Waals surface area contributed by atoms with Gasteiger partial charge in [0.25, 0.3) is 5.56 Å². The summed E-state index contributed by atoms with van der Waals surface area (Å²) in [6, 6.07) is 19.4. The lowest BCUT2D eigenvalue weighted by Gasteiger charge is -2.20. The first-order valence-corrected chi connectivity index (χ1v) is 9.66. The van der Waals surface area contributed by atoms with Crippen LogP contribution in [0, 0.1) is 0 Å². The van der Waals surface area contributed by atoms with Crippen molar-refractivity contribution in [1.29, 1.82) is 0 Å². The molecule has 0 saturated carbocycles. The number of rotatable bonds is 6. The van der Waals surface area contributed by atoms with Gasteiger partial charge in [-0.15, -0.1) is 0 Å². The smallest absolute Gasteiger partial charge is 0.287 e. The van der Waals surface area contributed by atoms with Crippen LogP contribution in [0.3, 0.4) is 0 Å². The fraction of sp³-hybridized carbons (Fsp3) is 0.136. The molecular formula is C22H20ClN5O. The molecule has 0 saturated heterocycles. The van der Waals surface area contributed by atoms with E-state index in [0.717, 1.165) is 16.8 Å². The second kappa shape index (κ2) is 8.32. The molecule has 2 aromatic heterocycles. The van der Waals surface area contributed by atoms with Gasteiger partial charge in [-0.25, -0.2) is 9.36 Å². The van der Waals surface area contributed by atoms with Crippen molar-refractivity contribution in [3.63, 3.8) is 0 Å². The molecule has 7 heteroatoms. The van der Waals surface area contributed by atoms with Crippen molar-refractivity contribution in [2.45, 2.75) is 19.5 Å². The maximum Gasteiger partial charge on any atom is 0.287 e. The highest BCUT2D eigenvalue weighted by Crippen LogP contribution is 2.26. The number of para-hydroxylation sites is 1. The van der Waals surface area contributed by atoms with Crippen LogP contribution >= 0.6 is 11.6 Å². The van der Waals surface area contributed by atoms with Crippen LogP contribution in [-0.2, 0) is 6.54 Å². The minimum Gasteiger partial charge on any atom is -0.376 e. The Morgan fingerprint density at radius 1 is 1.03 bits per heavy atom. The summed E-state index contributed by atoms with van der Waals surface area (Å²) in [5, 5.41) is 12.0. The summed E-state index contributed by atoms with van der Waals surface area (Å²) in [4.78, 5) is 12.7. The Balaban J connectivity index is 1.59. The van der Waals surface area contributed by atoms with E-state index in [1.54, 1.807) is 12.4 Å². The number of aromatic nitrogens is 4. The Morgan fingerprint density at radius 2 is 1.79 bits per heavy atom. The highest BCUT2D eigenvalue weighted by atomic mass is 35.5. The summed E-state index contributed by atoms with van der Waals surface area (Å²) in [5.41, 5.74) is 3.15. The number of nitrogens with zero attached hydrogens (tertiary/aromatic N) is 4. The third-order valence-corrected chi connectivity index (χ3v) is 5.05. The lowest BCUT2D eigenvalue weighted by molar-refractivity contribution is 0.639. The number of benzene rings is 2. The first-order chi connectivity index (χ1) is 14.1. The number of hydrogen-bond acceptors (Lipinski definition) is 4. The highest BCUT2D eigenvalue weighted by Gasteiger charge is 2.16. The van der Waals surface area contributed by atoms with E-state index in [1.807, 2.05) is 78.5 Å². The molecule has 0 spiro atoms. The van der Waals surface area contributed by atoms with Gasteiger partial charge in [-0.2, -0.15) is 10.2 Å². The van der Waals surface area contributed by atoms with E-state index in [2.05, 4.69) is 15.5 Å². The van der Waals surface area contributed by atoms with Crippen LogP contribution in [0.2, 0.25) is 5.02 Å². The standard InChI is InChI=1S/C22H20ClN5O/c1-16(18-10-5-6-11-20(18)27-13-7-12-24-27)26-19-14-25-28(22(29)21(19)23)15-17-8-3-2-4-9-17/h2-14,16,26H,15H2,1H3. The SMILES string of the molecule is CC(Nc1cnn(Cc2ccccc2)c(=O)c1Cl)c1ccccc1-n1cccn1. The zero-order valence-electron chi connectivity index (χ0n) is 15.9. The molecule has 4 rings (SSSR count). The van der Waals surface area contributed by atoms with Crippen LogP contribution in [0.15, 0.2) is 84.0 Å². The highest BCUT2D eigenvalue weighted by molar-refractivity contribution is 6.32. The Labute approximate surface area is 173 Å². The normalized spacial score (nSPS) is 11.9. The van der Waals surface area contributed by atoms with Crippen LogP contribution in [0.1, 0.15) is 24.1 Å². The molecule has 0 bridgehead atoms. The molecule has 0 fully saturated rings. The number of hydrogen-bond donors (Lipinski definition) is 1. The molecule has 1 N–H and O–H groups in total. The molecule has 29 heavy (non-hydrogen) atoms. The second-order valence-corrected chi connectivity index (χ2v) is 7.07. The van der Waals surface area contributed by atoms with Crippen LogP contribution in [0.4, 0.5) is 5.69 Å². The molecular weight excluding hydrogens is 386 g/mol. The van der Waals surface area contributed by atoms with E-state index in [4.69, 9.17) is 11.6 Å². The predicted molar refractivity (Wildman–Crippen MR) is 115 cm³/mol. The van der Waals surface area contributed by atoms with Gasteiger partial charge in [0.2, 0.25) is 0 Å². The molecule has 2 heterocycles. The van der Waals surface area contributed by atoms with Crippen molar-refractivity contribution >= 4 is 17.3 Å². The lowest BCUT2D eigenvalue weighted by Crippen LogP contribution is -2.25.